The number of hydrogen-bond donors (Lipinski definition) is 2. The molecule has 1 amide bonds. The highest BCUT2D eigenvalue weighted by molar-refractivity contribution is 5.70. The molecular formula is C5H7NO3. The van der Waals surface area contributed by atoms with E-state index in [-0.39, 0.29) is 12.1 Å². The maximum atomic E-state index is 9.87. The third-order valence-corrected chi connectivity index (χ3v) is 0.628. The lowest BCUT2D eigenvalue weighted by Gasteiger charge is -1.95. The van der Waals surface area contributed by atoms with Crippen molar-refractivity contribution in [3.05, 3.63) is 12.3 Å². The van der Waals surface area contributed by atoms with Gasteiger partial charge in [0, 0.05) is 5.70 Å². The van der Waals surface area contributed by atoms with E-state index < -0.39 is 5.97 Å². The number of amides is 1. The molecule has 0 aliphatic rings. The number of carboxylic acids is 1. The Balaban J connectivity index is 3.50. The van der Waals surface area contributed by atoms with Gasteiger partial charge in [0.05, 0.1) is 6.42 Å². The molecule has 0 heterocycles. The lowest BCUT2D eigenvalue weighted by atomic mass is 10.3. The van der Waals surface area contributed by atoms with Gasteiger partial charge >= 0.3 is 5.97 Å². The number of carboxylic acid groups (broad SMARTS) is 1. The van der Waals surface area contributed by atoms with Crippen LogP contribution in [0.5, 0.6) is 0 Å². The third-order valence-electron chi connectivity index (χ3n) is 0.628. The van der Waals surface area contributed by atoms with Gasteiger partial charge in [-0.25, -0.2) is 0 Å². The van der Waals surface area contributed by atoms with Gasteiger partial charge in [-0.2, -0.15) is 0 Å². The Bertz CT molecular complexity index is 141. The van der Waals surface area contributed by atoms with Crippen LogP contribution in [0.2, 0.25) is 0 Å². The Morgan fingerprint density at radius 3 is 2.67 bits per heavy atom. The molecule has 0 unspecified atom stereocenters. The minimum Gasteiger partial charge on any atom is -0.481 e. The first kappa shape index (κ1) is 7.68. The van der Waals surface area contributed by atoms with Gasteiger partial charge in [-0.05, 0) is 0 Å². The molecule has 0 aliphatic carbocycles. The molecule has 0 rings (SSSR count). The molecule has 0 saturated carbocycles. The molecule has 0 saturated heterocycles. The van der Waals surface area contributed by atoms with Gasteiger partial charge < -0.3 is 10.4 Å². The van der Waals surface area contributed by atoms with E-state index in [1.807, 2.05) is 0 Å². The Morgan fingerprint density at radius 1 is 1.78 bits per heavy atom. The molecule has 4 heteroatoms. The normalized spacial score (nSPS) is 8.00. The van der Waals surface area contributed by atoms with Crippen LogP contribution in [0.1, 0.15) is 6.42 Å². The summed E-state index contributed by atoms with van der Waals surface area (Å²) in [5.41, 5.74) is 0.192. The molecule has 0 fully saturated rings. The van der Waals surface area contributed by atoms with Gasteiger partial charge in [-0.3, -0.25) is 9.59 Å². The minimum absolute atomic E-state index is 0.192. The van der Waals surface area contributed by atoms with Crippen molar-refractivity contribution in [2.24, 2.45) is 0 Å². The van der Waals surface area contributed by atoms with Crippen molar-refractivity contribution in [1.29, 1.82) is 0 Å². The van der Waals surface area contributed by atoms with Crippen molar-refractivity contribution >= 4 is 12.4 Å². The molecule has 2 N–H and O–H groups in total. The van der Waals surface area contributed by atoms with Crippen molar-refractivity contribution in [2.45, 2.75) is 6.42 Å². The Kier molecular flexibility index (Phi) is 3.12. The van der Waals surface area contributed by atoms with Crippen LogP contribution < -0.4 is 5.32 Å². The summed E-state index contributed by atoms with van der Waals surface area (Å²) >= 11 is 0. The predicted octanol–water partition coefficient (Wildman–Crippen LogP) is -0.279. The summed E-state index contributed by atoms with van der Waals surface area (Å²) in [5.74, 6) is -1.01. The minimum atomic E-state index is -1.01. The lowest BCUT2D eigenvalue weighted by molar-refractivity contribution is -0.136. The zero-order chi connectivity index (χ0) is 7.28. The highest BCUT2D eigenvalue weighted by Gasteiger charge is 1.97. The number of hydrogen-bond acceptors (Lipinski definition) is 2. The summed E-state index contributed by atoms with van der Waals surface area (Å²) < 4.78 is 0. The van der Waals surface area contributed by atoms with E-state index in [0.29, 0.717) is 6.41 Å². The molecule has 0 aliphatic heterocycles. The highest BCUT2D eigenvalue weighted by Crippen LogP contribution is 1.88. The molecule has 9 heavy (non-hydrogen) atoms. The number of carbonyl (C=O) groups excluding carboxylic acids is 1. The first-order valence-electron chi connectivity index (χ1n) is 2.26. The van der Waals surface area contributed by atoms with Crippen molar-refractivity contribution in [3.8, 4) is 0 Å². The average molecular weight is 129 g/mol. The maximum absolute atomic E-state index is 9.87. The van der Waals surface area contributed by atoms with Gasteiger partial charge in [0.1, 0.15) is 0 Å². The van der Waals surface area contributed by atoms with Gasteiger partial charge in [-0.15, -0.1) is 0 Å². The smallest absolute Gasteiger partial charge is 0.309 e. The van der Waals surface area contributed by atoms with Gasteiger partial charge in [-0.1, -0.05) is 6.58 Å². The van der Waals surface area contributed by atoms with Crippen LogP contribution >= 0.6 is 0 Å². The highest BCUT2D eigenvalue weighted by atomic mass is 16.4. The van der Waals surface area contributed by atoms with Crippen molar-refractivity contribution in [3.63, 3.8) is 0 Å². The monoisotopic (exact) mass is 129 g/mol. The first-order chi connectivity index (χ1) is 4.16. The standard InChI is InChI=1S/C5H7NO3/c1-4(6-3-7)2-5(8)9/h3H,1-2H2,(H,6,7)(H,8,9). The Hall–Kier alpha value is -1.32. The molecular weight excluding hydrogens is 122 g/mol. The van der Waals surface area contributed by atoms with Gasteiger partial charge in [0.15, 0.2) is 0 Å². The van der Waals surface area contributed by atoms with Crippen LogP contribution in [-0.2, 0) is 9.59 Å². The zero-order valence-corrected chi connectivity index (χ0v) is 4.76. The summed E-state index contributed by atoms with van der Waals surface area (Å²) in [6.07, 6.45) is 0.171. The number of aliphatic carboxylic acids is 1. The van der Waals surface area contributed by atoms with Crippen LogP contribution in [0, 0.1) is 0 Å². The first-order valence-corrected chi connectivity index (χ1v) is 2.26. The van der Waals surface area contributed by atoms with Crippen LogP contribution in [-0.4, -0.2) is 17.5 Å². The fourth-order valence-corrected chi connectivity index (χ4v) is 0.317. The molecule has 0 aromatic heterocycles. The van der Waals surface area contributed by atoms with Crippen molar-refractivity contribution in [2.75, 3.05) is 0 Å². The van der Waals surface area contributed by atoms with E-state index in [1.165, 1.54) is 0 Å². The number of nitrogens with one attached hydrogen (secondary N) is 1. The summed E-state index contributed by atoms with van der Waals surface area (Å²) in [5, 5.41) is 10.2. The second kappa shape index (κ2) is 3.65. The quantitative estimate of drug-likeness (QED) is 0.513. The largest absolute Gasteiger partial charge is 0.481 e. The molecule has 0 radical (unpaired) electrons. The van der Waals surface area contributed by atoms with Crippen LogP contribution in [0.4, 0.5) is 0 Å². The summed E-state index contributed by atoms with van der Waals surface area (Å²) in [7, 11) is 0. The second-order valence-corrected chi connectivity index (χ2v) is 1.44. The van der Waals surface area contributed by atoms with E-state index in [2.05, 4.69) is 11.9 Å². The number of carbonyl (C=O) groups is 2. The molecule has 0 spiro atoms. The molecule has 0 aromatic rings. The molecule has 0 atom stereocenters. The molecule has 0 bridgehead atoms. The SMILES string of the molecule is C=C(CC(=O)O)NC=O. The van der Waals surface area contributed by atoms with E-state index in [0.717, 1.165) is 0 Å². The van der Waals surface area contributed by atoms with Crippen LogP contribution in [0.15, 0.2) is 12.3 Å². The summed E-state index contributed by atoms with van der Waals surface area (Å²) in [6.45, 7) is 3.26. The fourth-order valence-electron chi connectivity index (χ4n) is 0.317. The number of rotatable bonds is 4. The fraction of sp³-hybridized carbons (Fsp3) is 0.200. The van der Waals surface area contributed by atoms with Crippen molar-refractivity contribution < 1.29 is 14.7 Å². The lowest BCUT2D eigenvalue weighted by Crippen LogP contribution is -2.12. The summed E-state index contributed by atoms with van der Waals surface area (Å²) in [4.78, 5) is 19.5. The molecule has 0 aromatic carbocycles. The topological polar surface area (TPSA) is 66.4 Å². The average Bonchev–Trinajstić information content (AvgIpc) is 1.63. The predicted molar refractivity (Wildman–Crippen MR) is 30.6 cm³/mol. The van der Waals surface area contributed by atoms with E-state index in [1.54, 1.807) is 0 Å². The van der Waals surface area contributed by atoms with E-state index in [4.69, 9.17) is 5.11 Å². The van der Waals surface area contributed by atoms with E-state index >= 15 is 0 Å². The molecule has 50 valence electrons. The van der Waals surface area contributed by atoms with Crippen molar-refractivity contribution in [1.82, 2.24) is 5.32 Å². The maximum Gasteiger partial charge on any atom is 0.309 e. The van der Waals surface area contributed by atoms with Gasteiger partial charge in [0.2, 0.25) is 6.41 Å². The summed E-state index contributed by atoms with van der Waals surface area (Å²) in [6, 6.07) is 0. The third kappa shape index (κ3) is 4.53. The van der Waals surface area contributed by atoms with Crippen LogP contribution in [0.3, 0.4) is 0 Å². The Morgan fingerprint density at radius 2 is 2.33 bits per heavy atom. The van der Waals surface area contributed by atoms with Gasteiger partial charge in [0.25, 0.3) is 0 Å². The van der Waals surface area contributed by atoms with Crippen LogP contribution in [0.25, 0.3) is 0 Å². The van der Waals surface area contributed by atoms with E-state index in [9.17, 15) is 9.59 Å². The molecule has 4 nitrogen and oxygen atoms in total. The Labute approximate surface area is 52.2 Å². The zero-order valence-electron chi connectivity index (χ0n) is 4.76. The second-order valence-electron chi connectivity index (χ2n) is 1.44.